The molecule has 9 nitrogen and oxygen atoms in total. The lowest BCUT2D eigenvalue weighted by Gasteiger charge is -2.20. The van der Waals surface area contributed by atoms with E-state index in [1.54, 1.807) is 29.2 Å². The molecule has 0 bridgehead atoms. The van der Waals surface area contributed by atoms with E-state index in [-0.39, 0.29) is 22.1 Å². The third-order valence-corrected chi connectivity index (χ3v) is 6.68. The van der Waals surface area contributed by atoms with Gasteiger partial charge in [-0.15, -0.1) is 0 Å². The molecule has 2 heterocycles. The van der Waals surface area contributed by atoms with Gasteiger partial charge in [-0.05, 0) is 55.3 Å². The van der Waals surface area contributed by atoms with E-state index in [9.17, 15) is 22.8 Å². The van der Waals surface area contributed by atoms with Crippen LogP contribution in [0.15, 0.2) is 47.4 Å². The zero-order valence-electron chi connectivity index (χ0n) is 16.7. The first-order valence-electron chi connectivity index (χ1n) is 10.0. The largest absolute Gasteiger partial charge is 0.325 e. The second-order valence-corrected chi connectivity index (χ2v) is 9.19. The average Bonchev–Trinajstić information content (AvgIpc) is 2.92. The number of nitrogens with one attached hydrogen (secondary N) is 3. The molecule has 0 aliphatic carbocycles. The van der Waals surface area contributed by atoms with Crippen LogP contribution in [0.2, 0.25) is 0 Å². The predicted molar refractivity (Wildman–Crippen MR) is 115 cm³/mol. The number of carbonyl (C=O) groups excluding carboxylic acids is 3. The van der Waals surface area contributed by atoms with E-state index in [0.717, 1.165) is 38.8 Å². The van der Waals surface area contributed by atoms with Crippen molar-refractivity contribution < 1.29 is 22.8 Å². The fraction of sp³-hybridized carbons (Fsp3) is 0.286. The summed E-state index contributed by atoms with van der Waals surface area (Å²) < 4.78 is 27.8. The molecule has 0 atom stereocenters. The summed E-state index contributed by atoms with van der Waals surface area (Å²) in [6.07, 6.45) is 4.24. The van der Waals surface area contributed by atoms with E-state index in [1.165, 1.54) is 18.2 Å². The number of nitrogens with zero attached hydrogens (tertiary/aromatic N) is 1. The van der Waals surface area contributed by atoms with Crippen molar-refractivity contribution in [3.05, 3.63) is 53.6 Å². The number of rotatable bonds is 4. The van der Waals surface area contributed by atoms with Crippen LogP contribution in [0.4, 0.5) is 16.2 Å². The molecular formula is C21H22N4O5S. The summed E-state index contributed by atoms with van der Waals surface area (Å²) in [6, 6.07) is 9.90. The zero-order valence-corrected chi connectivity index (χ0v) is 17.5. The van der Waals surface area contributed by atoms with Crippen molar-refractivity contribution in [1.29, 1.82) is 0 Å². The van der Waals surface area contributed by atoms with Crippen molar-refractivity contribution in [3.8, 4) is 0 Å². The summed E-state index contributed by atoms with van der Waals surface area (Å²) in [4.78, 5) is 37.5. The summed E-state index contributed by atoms with van der Waals surface area (Å²) in [5.41, 5.74) is 1.03. The van der Waals surface area contributed by atoms with Gasteiger partial charge in [0.15, 0.2) is 0 Å². The third kappa shape index (κ3) is 4.53. The summed E-state index contributed by atoms with van der Waals surface area (Å²) in [7, 11) is -3.97. The van der Waals surface area contributed by atoms with Crippen molar-refractivity contribution in [3.63, 3.8) is 0 Å². The lowest BCUT2D eigenvalue weighted by molar-refractivity contribution is 0.0879. The van der Waals surface area contributed by atoms with Crippen molar-refractivity contribution in [2.24, 2.45) is 0 Å². The Labute approximate surface area is 179 Å². The highest BCUT2D eigenvalue weighted by Gasteiger charge is 2.28. The van der Waals surface area contributed by atoms with Gasteiger partial charge >= 0.3 is 6.03 Å². The van der Waals surface area contributed by atoms with E-state index >= 15 is 0 Å². The number of anilines is 2. The maximum absolute atomic E-state index is 12.7. The highest BCUT2D eigenvalue weighted by molar-refractivity contribution is 7.92. The van der Waals surface area contributed by atoms with Crippen molar-refractivity contribution >= 4 is 39.2 Å². The minimum Gasteiger partial charge on any atom is -0.325 e. The molecule has 2 aromatic carbocycles. The quantitative estimate of drug-likeness (QED) is 0.628. The molecule has 3 N–H and O–H groups in total. The second kappa shape index (κ2) is 8.38. The molecule has 0 aromatic heterocycles. The first-order valence-corrected chi connectivity index (χ1v) is 11.5. The normalized spacial score (nSPS) is 16.3. The van der Waals surface area contributed by atoms with Crippen LogP contribution < -0.4 is 15.4 Å². The fourth-order valence-electron chi connectivity index (χ4n) is 3.63. The number of likely N-dealkylation sites (tertiary alicyclic amines) is 1. The van der Waals surface area contributed by atoms with E-state index in [0.29, 0.717) is 11.4 Å². The Kier molecular flexibility index (Phi) is 5.64. The number of hydrogen-bond acceptors (Lipinski definition) is 5. The van der Waals surface area contributed by atoms with Gasteiger partial charge in [0.2, 0.25) is 0 Å². The Balaban J connectivity index is 1.44. The molecule has 0 saturated carbocycles. The van der Waals surface area contributed by atoms with Gasteiger partial charge in [-0.2, -0.15) is 0 Å². The molecule has 2 aliphatic heterocycles. The van der Waals surface area contributed by atoms with Crippen LogP contribution in [-0.2, 0) is 10.0 Å². The number of amides is 4. The van der Waals surface area contributed by atoms with Crippen LogP contribution in [0, 0.1) is 0 Å². The second-order valence-electron chi connectivity index (χ2n) is 7.50. The fourth-order valence-corrected chi connectivity index (χ4v) is 4.71. The Morgan fingerprint density at radius 3 is 2.13 bits per heavy atom. The van der Waals surface area contributed by atoms with Crippen LogP contribution in [-0.4, -0.2) is 44.3 Å². The summed E-state index contributed by atoms with van der Waals surface area (Å²) >= 11 is 0. The number of hydrogen-bond donors (Lipinski definition) is 3. The molecule has 1 saturated heterocycles. The highest BCUT2D eigenvalue weighted by atomic mass is 32.2. The summed E-state index contributed by atoms with van der Waals surface area (Å²) in [5.74, 6) is -1.17. The Morgan fingerprint density at radius 2 is 1.45 bits per heavy atom. The van der Waals surface area contributed by atoms with Gasteiger partial charge in [-0.25, -0.2) is 13.2 Å². The average molecular weight is 442 g/mol. The third-order valence-electron chi connectivity index (χ3n) is 5.30. The minimum absolute atomic E-state index is 0.0273. The van der Waals surface area contributed by atoms with Gasteiger partial charge in [0.05, 0.1) is 16.0 Å². The molecule has 0 unspecified atom stereocenters. The molecule has 0 spiro atoms. The molecule has 31 heavy (non-hydrogen) atoms. The lowest BCUT2D eigenvalue weighted by atomic mass is 10.1. The molecule has 2 aromatic rings. The van der Waals surface area contributed by atoms with Crippen molar-refractivity contribution in [2.75, 3.05) is 23.1 Å². The number of imide groups is 1. The van der Waals surface area contributed by atoms with E-state index in [1.807, 2.05) is 0 Å². The number of urea groups is 1. The van der Waals surface area contributed by atoms with Gasteiger partial charge in [-0.3, -0.25) is 19.6 Å². The smallest absolute Gasteiger partial charge is 0.321 e. The van der Waals surface area contributed by atoms with Crippen LogP contribution in [0.1, 0.15) is 46.4 Å². The number of carbonyl (C=O) groups is 3. The highest BCUT2D eigenvalue weighted by Crippen LogP contribution is 2.23. The summed E-state index contributed by atoms with van der Waals surface area (Å²) in [6.45, 7) is 1.46. The molecule has 4 rings (SSSR count). The first-order chi connectivity index (χ1) is 14.8. The SMILES string of the molecule is O=C1NC(=O)c2cc(S(=O)(=O)Nc3ccc(NC(=O)N4CCCCCC4)cc3)ccc21. The molecule has 10 heteroatoms. The van der Waals surface area contributed by atoms with Crippen molar-refractivity contribution in [2.45, 2.75) is 30.6 Å². The van der Waals surface area contributed by atoms with Crippen LogP contribution in [0.3, 0.4) is 0 Å². The molecular weight excluding hydrogens is 420 g/mol. The predicted octanol–water partition coefficient (Wildman–Crippen LogP) is 2.78. The van der Waals surface area contributed by atoms with Crippen LogP contribution >= 0.6 is 0 Å². The van der Waals surface area contributed by atoms with Crippen LogP contribution in [0.25, 0.3) is 0 Å². The van der Waals surface area contributed by atoms with Gasteiger partial charge in [0.1, 0.15) is 0 Å². The molecule has 0 radical (unpaired) electrons. The zero-order chi connectivity index (χ0) is 22.0. The standard InChI is InChI=1S/C21H22N4O5S/c26-19-17-10-9-16(13-18(17)20(27)23-19)31(29,30)24-15-7-5-14(6-8-15)22-21(28)25-11-3-1-2-4-12-25/h5-10,13,24H,1-4,11-12H2,(H,22,28)(H,23,26,27). The maximum atomic E-state index is 12.7. The van der Waals surface area contributed by atoms with E-state index in [2.05, 4.69) is 15.4 Å². The molecule has 162 valence electrons. The topological polar surface area (TPSA) is 125 Å². The van der Waals surface area contributed by atoms with Gasteiger partial charge in [-0.1, -0.05) is 12.8 Å². The van der Waals surface area contributed by atoms with Crippen LogP contribution in [0.5, 0.6) is 0 Å². The van der Waals surface area contributed by atoms with Gasteiger partial charge in [0, 0.05) is 24.5 Å². The minimum atomic E-state index is -3.97. The van der Waals surface area contributed by atoms with Gasteiger partial charge in [0.25, 0.3) is 21.8 Å². The maximum Gasteiger partial charge on any atom is 0.321 e. The van der Waals surface area contributed by atoms with E-state index in [4.69, 9.17) is 0 Å². The molecule has 4 amide bonds. The Morgan fingerprint density at radius 1 is 0.839 bits per heavy atom. The monoisotopic (exact) mass is 442 g/mol. The van der Waals surface area contributed by atoms with Crippen molar-refractivity contribution in [1.82, 2.24) is 10.2 Å². The number of fused-ring (bicyclic) bond motifs is 1. The molecule has 2 aliphatic rings. The number of sulfonamides is 1. The summed E-state index contributed by atoms with van der Waals surface area (Å²) in [5, 5.41) is 4.96. The Hall–Kier alpha value is -3.40. The van der Waals surface area contributed by atoms with Gasteiger partial charge < -0.3 is 10.2 Å². The lowest BCUT2D eigenvalue weighted by Crippen LogP contribution is -2.35. The molecule has 1 fully saturated rings. The first kappa shape index (κ1) is 20.9. The van der Waals surface area contributed by atoms with E-state index < -0.39 is 21.8 Å². The Bertz CT molecular complexity index is 1140. The number of benzene rings is 2.